The number of fused-ring (bicyclic) bond motifs is 2. The summed E-state index contributed by atoms with van der Waals surface area (Å²) in [4.78, 5) is 26.6. The summed E-state index contributed by atoms with van der Waals surface area (Å²) in [5, 5.41) is 10.8. The SMILES string of the molecule is CC(=O)O.CC1CCc2ccc(CCOc3ccc4c(c3)CN(CC(F)(F)F)C(=O)CC4)nc2N1. The molecule has 3 heterocycles. The predicted molar refractivity (Wildman–Crippen MR) is 124 cm³/mol. The van der Waals surface area contributed by atoms with Gasteiger partial charge in [0.05, 0.1) is 6.61 Å². The number of halogens is 3. The molecule has 2 aliphatic rings. The zero-order valence-electron chi connectivity index (χ0n) is 19.8. The first-order valence-corrected chi connectivity index (χ1v) is 11.5. The molecule has 0 spiro atoms. The van der Waals surface area contributed by atoms with E-state index in [9.17, 15) is 18.0 Å². The van der Waals surface area contributed by atoms with Crippen molar-refractivity contribution in [1.29, 1.82) is 0 Å². The quantitative estimate of drug-likeness (QED) is 0.643. The zero-order chi connectivity index (χ0) is 25.6. The fraction of sp³-hybridized carbons (Fsp3) is 0.480. The van der Waals surface area contributed by atoms with E-state index >= 15 is 0 Å². The van der Waals surface area contributed by atoms with Gasteiger partial charge in [-0.05, 0) is 61.1 Å². The van der Waals surface area contributed by atoms with Crippen LogP contribution in [0.1, 0.15) is 49.1 Å². The first-order chi connectivity index (χ1) is 16.5. The molecule has 2 aromatic rings. The van der Waals surface area contributed by atoms with Crippen molar-refractivity contribution in [3.63, 3.8) is 0 Å². The predicted octanol–water partition coefficient (Wildman–Crippen LogP) is 4.38. The summed E-state index contributed by atoms with van der Waals surface area (Å²) < 4.78 is 44.3. The monoisotopic (exact) mass is 493 g/mol. The van der Waals surface area contributed by atoms with Crippen LogP contribution in [0.15, 0.2) is 30.3 Å². The highest BCUT2D eigenvalue weighted by atomic mass is 19.4. The van der Waals surface area contributed by atoms with Crippen LogP contribution in [0, 0.1) is 0 Å². The molecule has 0 radical (unpaired) electrons. The van der Waals surface area contributed by atoms with Crippen molar-refractivity contribution < 1.29 is 32.6 Å². The lowest BCUT2D eigenvalue weighted by molar-refractivity contribution is -0.162. The lowest BCUT2D eigenvalue weighted by Gasteiger charge is -2.23. The molecule has 2 aliphatic heterocycles. The molecule has 0 saturated heterocycles. The first kappa shape index (κ1) is 26.3. The lowest BCUT2D eigenvalue weighted by atomic mass is 10.0. The van der Waals surface area contributed by atoms with Crippen LogP contribution in [0.5, 0.6) is 5.75 Å². The van der Waals surface area contributed by atoms with E-state index in [2.05, 4.69) is 23.3 Å². The van der Waals surface area contributed by atoms with Crippen LogP contribution in [-0.4, -0.2) is 52.2 Å². The summed E-state index contributed by atoms with van der Waals surface area (Å²) in [7, 11) is 0. The van der Waals surface area contributed by atoms with Crippen molar-refractivity contribution in [2.24, 2.45) is 0 Å². The summed E-state index contributed by atoms with van der Waals surface area (Å²) in [6.07, 6.45) is -1.15. The summed E-state index contributed by atoms with van der Waals surface area (Å²) >= 11 is 0. The Labute approximate surface area is 202 Å². The van der Waals surface area contributed by atoms with Crippen molar-refractivity contribution >= 4 is 17.7 Å². The molecule has 0 saturated carbocycles. The number of benzene rings is 1. The third kappa shape index (κ3) is 8.15. The Hall–Kier alpha value is -3.30. The third-order valence-electron chi connectivity index (χ3n) is 5.76. The van der Waals surface area contributed by atoms with Crippen molar-refractivity contribution in [2.75, 3.05) is 18.5 Å². The molecule has 1 aromatic carbocycles. The van der Waals surface area contributed by atoms with Gasteiger partial charge in [0, 0.05) is 38.0 Å². The number of aliphatic carboxylic acids is 1. The van der Waals surface area contributed by atoms with Gasteiger partial charge in [-0.15, -0.1) is 0 Å². The topological polar surface area (TPSA) is 91.8 Å². The summed E-state index contributed by atoms with van der Waals surface area (Å²) in [5.74, 6) is 0.220. The number of pyridine rings is 1. The molecule has 10 heteroatoms. The van der Waals surface area contributed by atoms with E-state index in [1.165, 1.54) is 5.56 Å². The van der Waals surface area contributed by atoms with Gasteiger partial charge in [-0.25, -0.2) is 4.98 Å². The van der Waals surface area contributed by atoms with Crippen LogP contribution in [0.3, 0.4) is 0 Å². The largest absolute Gasteiger partial charge is 0.493 e. The molecule has 190 valence electrons. The second-order valence-corrected chi connectivity index (χ2v) is 8.81. The van der Waals surface area contributed by atoms with E-state index in [4.69, 9.17) is 14.6 Å². The number of ether oxygens (including phenoxy) is 1. The number of hydrogen-bond acceptors (Lipinski definition) is 5. The molecule has 1 amide bonds. The standard InChI is InChI=1S/C23H26F3N3O2.C2H4O2/c1-15-2-3-17-4-7-19(28-22(17)27-15)10-11-31-20-8-5-16-6-9-21(30)29(13-18(16)12-20)14-23(24,25)26;1-2(3)4/h4-5,7-8,12,15H,2-3,6,9-11,13-14H2,1H3,(H,27,28);1H3,(H,3,4). The number of alkyl halides is 3. The van der Waals surface area contributed by atoms with Crippen LogP contribution in [0.25, 0.3) is 0 Å². The van der Waals surface area contributed by atoms with Crippen molar-refractivity contribution in [3.8, 4) is 5.75 Å². The number of aromatic nitrogens is 1. The van der Waals surface area contributed by atoms with Crippen LogP contribution in [-0.2, 0) is 35.4 Å². The lowest BCUT2D eigenvalue weighted by Crippen LogP contribution is -2.37. The number of carbonyl (C=O) groups excluding carboxylic acids is 1. The maximum Gasteiger partial charge on any atom is 0.406 e. The highest BCUT2D eigenvalue weighted by Crippen LogP contribution is 2.27. The number of aryl methyl sites for hydroxylation is 2. The summed E-state index contributed by atoms with van der Waals surface area (Å²) in [6.45, 7) is 2.35. The Morgan fingerprint density at radius 1 is 1.17 bits per heavy atom. The normalized spacial score (nSPS) is 17.2. The van der Waals surface area contributed by atoms with Gasteiger partial charge in [0.2, 0.25) is 5.91 Å². The number of carboxylic acid groups (broad SMARTS) is 1. The second kappa shape index (κ2) is 11.4. The fourth-order valence-electron chi connectivity index (χ4n) is 4.08. The van der Waals surface area contributed by atoms with Crippen LogP contribution in [0.2, 0.25) is 0 Å². The molecule has 1 atom stereocenters. The fourth-order valence-corrected chi connectivity index (χ4v) is 4.08. The van der Waals surface area contributed by atoms with Gasteiger partial charge in [-0.1, -0.05) is 12.1 Å². The second-order valence-electron chi connectivity index (χ2n) is 8.81. The van der Waals surface area contributed by atoms with Gasteiger partial charge in [-0.3, -0.25) is 9.59 Å². The molecule has 0 fully saturated rings. The van der Waals surface area contributed by atoms with Crippen molar-refractivity contribution in [2.45, 2.75) is 64.7 Å². The van der Waals surface area contributed by atoms with E-state index in [1.807, 2.05) is 18.2 Å². The van der Waals surface area contributed by atoms with Gasteiger partial charge >= 0.3 is 6.18 Å². The number of hydrogen-bond donors (Lipinski definition) is 2. The molecule has 1 unspecified atom stereocenters. The molecule has 1 aromatic heterocycles. The average Bonchev–Trinajstić information content (AvgIpc) is 2.90. The molecule has 7 nitrogen and oxygen atoms in total. The molecule has 35 heavy (non-hydrogen) atoms. The van der Waals surface area contributed by atoms with Gasteiger partial charge in [-0.2, -0.15) is 13.2 Å². The average molecular weight is 494 g/mol. The van der Waals surface area contributed by atoms with Crippen LogP contribution in [0.4, 0.5) is 19.0 Å². The molecule has 2 N–H and O–H groups in total. The van der Waals surface area contributed by atoms with E-state index < -0.39 is 24.6 Å². The maximum atomic E-state index is 12.8. The Morgan fingerprint density at radius 2 is 1.89 bits per heavy atom. The van der Waals surface area contributed by atoms with Gasteiger partial charge < -0.3 is 20.1 Å². The highest BCUT2D eigenvalue weighted by Gasteiger charge is 2.34. The maximum absolute atomic E-state index is 12.8. The van der Waals surface area contributed by atoms with Gasteiger partial charge in [0.25, 0.3) is 5.97 Å². The molecular formula is C25H30F3N3O4. The minimum absolute atomic E-state index is 0.0545. The van der Waals surface area contributed by atoms with Gasteiger partial charge in [0.1, 0.15) is 18.1 Å². The van der Waals surface area contributed by atoms with Crippen LogP contribution < -0.4 is 10.1 Å². The number of anilines is 1. The van der Waals surface area contributed by atoms with E-state index in [1.54, 1.807) is 6.07 Å². The third-order valence-corrected chi connectivity index (χ3v) is 5.76. The zero-order valence-corrected chi connectivity index (χ0v) is 19.8. The van der Waals surface area contributed by atoms with Crippen molar-refractivity contribution in [1.82, 2.24) is 9.88 Å². The van der Waals surface area contributed by atoms with E-state index in [0.717, 1.165) is 41.7 Å². The van der Waals surface area contributed by atoms with Crippen molar-refractivity contribution in [3.05, 3.63) is 52.7 Å². The highest BCUT2D eigenvalue weighted by molar-refractivity contribution is 5.77. The number of carbonyl (C=O) groups is 2. The number of rotatable bonds is 5. The smallest absolute Gasteiger partial charge is 0.406 e. The summed E-state index contributed by atoms with van der Waals surface area (Å²) in [6, 6.07) is 9.93. The number of amides is 1. The minimum atomic E-state index is -4.41. The van der Waals surface area contributed by atoms with Gasteiger partial charge in [0.15, 0.2) is 0 Å². The Bertz CT molecular complexity index is 1050. The number of nitrogens with one attached hydrogen (secondary N) is 1. The Balaban J connectivity index is 0.000000795. The molecule has 0 bridgehead atoms. The molecule has 4 rings (SSSR count). The van der Waals surface area contributed by atoms with Crippen LogP contribution >= 0.6 is 0 Å². The van der Waals surface area contributed by atoms with E-state index in [-0.39, 0.29) is 13.0 Å². The minimum Gasteiger partial charge on any atom is -0.493 e. The Morgan fingerprint density at radius 3 is 2.60 bits per heavy atom. The Kier molecular flexibility index (Phi) is 8.58. The first-order valence-electron chi connectivity index (χ1n) is 11.5. The molecule has 0 aliphatic carbocycles. The number of nitrogens with zero attached hydrogens (tertiary/aromatic N) is 2. The van der Waals surface area contributed by atoms with E-state index in [0.29, 0.717) is 36.8 Å². The summed E-state index contributed by atoms with van der Waals surface area (Å²) in [5.41, 5.74) is 3.75. The molecular weight excluding hydrogens is 463 g/mol. The number of carboxylic acids is 1.